The lowest BCUT2D eigenvalue weighted by atomic mass is 10.1. The van der Waals surface area contributed by atoms with E-state index in [0.717, 1.165) is 10.0 Å². The van der Waals surface area contributed by atoms with Crippen LogP contribution in [-0.4, -0.2) is 6.21 Å². The van der Waals surface area contributed by atoms with E-state index in [2.05, 4.69) is 27.8 Å². The van der Waals surface area contributed by atoms with Gasteiger partial charge in [-0.05, 0) is 28.1 Å². The van der Waals surface area contributed by atoms with E-state index in [9.17, 15) is 0 Å². The molecule has 0 saturated heterocycles. The van der Waals surface area contributed by atoms with Crippen molar-refractivity contribution in [2.75, 3.05) is 5.73 Å². The molecular formula is C12H13BrN2. The van der Waals surface area contributed by atoms with E-state index in [1.165, 1.54) is 6.21 Å². The maximum atomic E-state index is 7.16. The molecule has 1 aromatic carbocycles. The second-order valence-electron chi connectivity index (χ2n) is 3.53. The molecule has 0 unspecified atom stereocenters. The largest absolute Gasteiger partial charge is 0.398 e. The van der Waals surface area contributed by atoms with E-state index >= 15 is 0 Å². The van der Waals surface area contributed by atoms with Gasteiger partial charge in [-0.15, -0.1) is 0 Å². The van der Waals surface area contributed by atoms with Gasteiger partial charge in [-0.2, -0.15) is 0 Å². The van der Waals surface area contributed by atoms with Gasteiger partial charge in [0.15, 0.2) is 0 Å². The SMILES string of the molecule is CC(C)C#Cc1cc(N)c(C=N)cc1Br. The van der Waals surface area contributed by atoms with Crippen LogP contribution in [0.25, 0.3) is 0 Å². The zero-order valence-corrected chi connectivity index (χ0v) is 10.4. The average Bonchev–Trinajstić information content (AvgIpc) is 2.18. The molecule has 0 aromatic heterocycles. The summed E-state index contributed by atoms with van der Waals surface area (Å²) >= 11 is 3.41. The van der Waals surface area contributed by atoms with E-state index in [0.29, 0.717) is 17.2 Å². The van der Waals surface area contributed by atoms with Gasteiger partial charge in [0, 0.05) is 33.4 Å². The van der Waals surface area contributed by atoms with Crippen LogP contribution in [0.5, 0.6) is 0 Å². The Bertz CT molecular complexity index is 439. The first kappa shape index (κ1) is 11.8. The molecule has 0 atom stereocenters. The number of hydrogen-bond donors (Lipinski definition) is 2. The van der Waals surface area contributed by atoms with Crippen molar-refractivity contribution in [2.24, 2.45) is 5.92 Å². The lowest BCUT2D eigenvalue weighted by Gasteiger charge is -2.03. The van der Waals surface area contributed by atoms with Crippen LogP contribution in [0.4, 0.5) is 5.69 Å². The number of nitrogens with two attached hydrogens (primary N) is 1. The molecule has 1 aromatic rings. The summed E-state index contributed by atoms with van der Waals surface area (Å²) in [6.45, 7) is 4.08. The first-order valence-corrected chi connectivity index (χ1v) is 5.45. The van der Waals surface area contributed by atoms with E-state index < -0.39 is 0 Å². The molecule has 0 spiro atoms. The van der Waals surface area contributed by atoms with Crippen LogP contribution >= 0.6 is 15.9 Å². The molecule has 0 amide bonds. The van der Waals surface area contributed by atoms with Gasteiger partial charge in [-0.3, -0.25) is 0 Å². The fourth-order valence-corrected chi connectivity index (χ4v) is 1.51. The summed E-state index contributed by atoms with van der Waals surface area (Å²) in [4.78, 5) is 0. The Labute approximate surface area is 98.5 Å². The van der Waals surface area contributed by atoms with Gasteiger partial charge in [0.1, 0.15) is 0 Å². The Morgan fingerprint density at radius 2 is 2.13 bits per heavy atom. The minimum atomic E-state index is 0.334. The number of anilines is 1. The van der Waals surface area contributed by atoms with Gasteiger partial charge in [-0.25, -0.2) is 0 Å². The van der Waals surface area contributed by atoms with Crippen LogP contribution in [0.3, 0.4) is 0 Å². The molecule has 0 aliphatic carbocycles. The Kier molecular flexibility index (Phi) is 3.93. The maximum absolute atomic E-state index is 7.16. The molecule has 0 radical (unpaired) electrons. The second kappa shape index (κ2) is 4.99. The van der Waals surface area contributed by atoms with Crippen molar-refractivity contribution in [3.63, 3.8) is 0 Å². The van der Waals surface area contributed by atoms with Crippen LogP contribution in [-0.2, 0) is 0 Å². The summed E-state index contributed by atoms with van der Waals surface area (Å²) in [5.74, 6) is 6.46. The van der Waals surface area contributed by atoms with E-state index in [-0.39, 0.29) is 0 Å². The summed E-state index contributed by atoms with van der Waals surface area (Å²) < 4.78 is 0.878. The quantitative estimate of drug-likeness (QED) is 0.457. The Hall–Kier alpha value is -1.27. The standard InChI is InChI=1S/C12H13BrN2/c1-8(2)3-4-9-6-12(15)10(7-14)5-11(9)13/h5-8,14H,15H2,1-2H3. The van der Waals surface area contributed by atoms with Crippen LogP contribution in [0.15, 0.2) is 16.6 Å². The van der Waals surface area contributed by atoms with Crippen molar-refractivity contribution < 1.29 is 0 Å². The summed E-state index contributed by atoms with van der Waals surface area (Å²) in [6, 6.07) is 3.60. The molecule has 2 nitrogen and oxygen atoms in total. The van der Waals surface area contributed by atoms with Crippen molar-refractivity contribution in [2.45, 2.75) is 13.8 Å². The van der Waals surface area contributed by atoms with Gasteiger partial charge in [0.05, 0.1) is 0 Å². The zero-order chi connectivity index (χ0) is 11.4. The normalized spacial score (nSPS) is 9.60. The maximum Gasteiger partial charge on any atom is 0.0416 e. The van der Waals surface area contributed by atoms with Gasteiger partial charge < -0.3 is 11.1 Å². The number of halogens is 1. The van der Waals surface area contributed by atoms with Gasteiger partial charge in [-0.1, -0.05) is 25.7 Å². The van der Waals surface area contributed by atoms with Gasteiger partial charge in [0.2, 0.25) is 0 Å². The second-order valence-corrected chi connectivity index (χ2v) is 4.38. The number of nitrogen functional groups attached to an aromatic ring is 1. The third-order valence-corrected chi connectivity index (χ3v) is 2.48. The third-order valence-electron chi connectivity index (χ3n) is 1.82. The first-order valence-electron chi connectivity index (χ1n) is 4.65. The van der Waals surface area contributed by atoms with Crippen LogP contribution < -0.4 is 5.73 Å². The predicted molar refractivity (Wildman–Crippen MR) is 68.2 cm³/mol. The van der Waals surface area contributed by atoms with Crippen LogP contribution in [0.1, 0.15) is 25.0 Å². The summed E-state index contributed by atoms with van der Waals surface area (Å²) in [5, 5.41) is 7.16. The highest BCUT2D eigenvalue weighted by atomic mass is 79.9. The molecule has 1 rings (SSSR count). The Balaban J connectivity index is 3.18. The Morgan fingerprint density at radius 3 is 2.67 bits per heavy atom. The molecule has 0 saturated carbocycles. The number of benzene rings is 1. The molecule has 3 N–H and O–H groups in total. The number of hydrogen-bond acceptors (Lipinski definition) is 2. The molecule has 15 heavy (non-hydrogen) atoms. The molecule has 78 valence electrons. The summed E-state index contributed by atoms with van der Waals surface area (Å²) in [5.41, 5.74) is 7.92. The highest BCUT2D eigenvalue weighted by molar-refractivity contribution is 9.10. The topological polar surface area (TPSA) is 49.9 Å². The minimum absolute atomic E-state index is 0.334. The van der Waals surface area contributed by atoms with E-state index in [1.54, 1.807) is 6.07 Å². The minimum Gasteiger partial charge on any atom is -0.398 e. The predicted octanol–water partition coefficient (Wildman–Crippen LogP) is 3.04. The van der Waals surface area contributed by atoms with Gasteiger partial charge >= 0.3 is 0 Å². The van der Waals surface area contributed by atoms with Crippen molar-refractivity contribution in [3.8, 4) is 11.8 Å². The van der Waals surface area contributed by atoms with Crippen molar-refractivity contribution in [3.05, 3.63) is 27.7 Å². The van der Waals surface area contributed by atoms with E-state index in [4.69, 9.17) is 11.1 Å². The zero-order valence-electron chi connectivity index (χ0n) is 8.76. The highest BCUT2D eigenvalue weighted by Crippen LogP contribution is 2.22. The van der Waals surface area contributed by atoms with Crippen LogP contribution in [0.2, 0.25) is 0 Å². The molecule has 0 bridgehead atoms. The fraction of sp³-hybridized carbons (Fsp3) is 0.250. The van der Waals surface area contributed by atoms with E-state index in [1.807, 2.05) is 19.9 Å². The number of rotatable bonds is 1. The molecule has 0 aliphatic heterocycles. The average molecular weight is 265 g/mol. The fourth-order valence-electron chi connectivity index (χ4n) is 1.05. The summed E-state index contributed by atoms with van der Waals surface area (Å²) in [7, 11) is 0. The van der Waals surface area contributed by atoms with Crippen molar-refractivity contribution in [1.82, 2.24) is 0 Å². The summed E-state index contributed by atoms with van der Waals surface area (Å²) in [6.07, 6.45) is 1.24. The molecule has 3 heteroatoms. The highest BCUT2D eigenvalue weighted by Gasteiger charge is 2.02. The lowest BCUT2D eigenvalue weighted by Crippen LogP contribution is -1.94. The van der Waals surface area contributed by atoms with Crippen LogP contribution in [0, 0.1) is 23.2 Å². The lowest BCUT2D eigenvalue weighted by molar-refractivity contribution is 0.866. The molecule has 0 heterocycles. The van der Waals surface area contributed by atoms with Crippen molar-refractivity contribution in [1.29, 1.82) is 5.41 Å². The Morgan fingerprint density at radius 1 is 1.47 bits per heavy atom. The number of nitrogens with one attached hydrogen (secondary N) is 1. The third kappa shape index (κ3) is 3.10. The van der Waals surface area contributed by atoms with Gasteiger partial charge in [0.25, 0.3) is 0 Å². The molecular weight excluding hydrogens is 252 g/mol. The first-order chi connectivity index (χ1) is 7.04. The van der Waals surface area contributed by atoms with Crippen molar-refractivity contribution >= 4 is 27.8 Å². The molecule has 0 fully saturated rings. The molecule has 0 aliphatic rings. The monoisotopic (exact) mass is 264 g/mol. The smallest absolute Gasteiger partial charge is 0.0416 e.